The first kappa shape index (κ1) is 18.9. The Morgan fingerprint density at radius 3 is 2.32 bits per heavy atom. The first-order valence-electron chi connectivity index (χ1n) is 7.09. The van der Waals surface area contributed by atoms with Crippen LogP contribution in [0, 0.1) is 0 Å². The predicted molar refractivity (Wildman–Crippen MR) is 82.1 cm³/mol. The number of alkyl halides is 3. The van der Waals surface area contributed by atoms with E-state index in [0.717, 1.165) is 17.7 Å². The molecule has 25 heavy (non-hydrogen) atoms. The van der Waals surface area contributed by atoms with Crippen LogP contribution in [-0.2, 0) is 27.4 Å². The molecule has 1 amide bonds. The van der Waals surface area contributed by atoms with Gasteiger partial charge in [-0.3, -0.25) is 10.2 Å². The van der Waals surface area contributed by atoms with Gasteiger partial charge in [-0.15, -0.1) is 4.83 Å². The van der Waals surface area contributed by atoms with Crippen LogP contribution in [0.15, 0.2) is 35.2 Å². The molecule has 0 atom stereocenters. The smallest absolute Gasteiger partial charge is 0.278 e. The normalized spacial score (nSPS) is 12.2. The number of carbonyl (C=O) groups is 1. The number of aryl methyl sites for hydroxylation is 1. The first-order valence-corrected chi connectivity index (χ1v) is 8.58. The highest BCUT2D eigenvalue weighted by Gasteiger charge is 2.34. The summed E-state index contributed by atoms with van der Waals surface area (Å²) >= 11 is 0. The minimum Gasteiger partial charge on any atom is -0.278 e. The Labute approximate surface area is 141 Å². The Bertz CT molecular complexity index is 874. The average Bonchev–Trinajstić information content (AvgIpc) is 2.98. The minimum absolute atomic E-state index is 0.161. The van der Waals surface area contributed by atoms with Gasteiger partial charge in [-0.05, 0) is 36.8 Å². The van der Waals surface area contributed by atoms with Gasteiger partial charge in [-0.1, -0.05) is 6.92 Å². The molecule has 7 nitrogen and oxygen atoms in total. The lowest BCUT2D eigenvalue weighted by Crippen LogP contribution is -2.40. The molecule has 0 aliphatic rings. The zero-order valence-corrected chi connectivity index (χ0v) is 14.1. The summed E-state index contributed by atoms with van der Waals surface area (Å²) in [6.45, 7) is 2.82. The number of aromatic nitrogens is 2. The van der Waals surface area contributed by atoms with E-state index in [2.05, 4.69) is 5.10 Å². The summed E-state index contributed by atoms with van der Waals surface area (Å²) in [5.41, 5.74) is 1.55. The van der Waals surface area contributed by atoms with Gasteiger partial charge in [0.15, 0.2) is 5.69 Å². The van der Waals surface area contributed by atoms with Crippen LogP contribution in [0.2, 0.25) is 0 Å². The quantitative estimate of drug-likeness (QED) is 0.778. The van der Waals surface area contributed by atoms with Crippen molar-refractivity contribution >= 4 is 15.9 Å². The van der Waals surface area contributed by atoms with Gasteiger partial charge in [0.1, 0.15) is 0 Å². The van der Waals surface area contributed by atoms with Crippen molar-refractivity contribution in [3.8, 4) is 5.69 Å². The predicted octanol–water partition coefficient (Wildman–Crippen LogP) is 1.78. The van der Waals surface area contributed by atoms with E-state index in [1.807, 2.05) is 10.3 Å². The summed E-state index contributed by atoms with van der Waals surface area (Å²) in [4.78, 5) is 12.5. The standard InChI is InChI=1S/C14H15F3N4O3S/c1-3-10-8-13(14(15,16)17)19-21(10)11-4-6-12(7-5-11)25(23,24)20-18-9(2)22/h4-8,20H,3H2,1-2H3,(H,18,22). The van der Waals surface area contributed by atoms with Crippen LogP contribution in [0.5, 0.6) is 0 Å². The number of benzene rings is 1. The van der Waals surface area contributed by atoms with Crippen molar-refractivity contribution in [1.29, 1.82) is 0 Å². The Hall–Kier alpha value is -2.40. The number of amides is 1. The third kappa shape index (κ3) is 4.37. The first-order chi connectivity index (χ1) is 11.5. The Kier molecular flexibility index (Phi) is 5.18. The van der Waals surface area contributed by atoms with Crippen molar-refractivity contribution in [2.24, 2.45) is 0 Å². The van der Waals surface area contributed by atoms with Gasteiger partial charge in [-0.25, -0.2) is 13.1 Å². The number of nitrogens with zero attached hydrogens (tertiary/aromatic N) is 2. The van der Waals surface area contributed by atoms with E-state index in [1.54, 1.807) is 6.92 Å². The highest BCUT2D eigenvalue weighted by molar-refractivity contribution is 7.89. The van der Waals surface area contributed by atoms with Gasteiger partial charge in [0.05, 0.1) is 10.6 Å². The zero-order valence-electron chi connectivity index (χ0n) is 13.3. The summed E-state index contributed by atoms with van der Waals surface area (Å²) in [7, 11) is -3.98. The molecule has 0 radical (unpaired) electrons. The van der Waals surface area contributed by atoms with Gasteiger partial charge >= 0.3 is 6.18 Å². The van der Waals surface area contributed by atoms with Crippen LogP contribution in [0.3, 0.4) is 0 Å². The van der Waals surface area contributed by atoms with Gasteiger partial charge in [0.2, 0.25) is 5.91 Å². The summed E-state index contributed by atoms with van der Waals surface area (Å²) in [5, 5.41) is 3.54. The molecule has 2 N–H and O–H groups in total. The lowest BCUT2D eigenvalue weighted by molar-refractivity contribution is -0.141. The maximum atomic E-state index is 12.8. The fraction of sp³-hybridized carbons (Fsp3) is 0.286. The van der Waals surface area contributed by atoms with Crippen LogP contribution in [0.1, 0.15) is 25.2 Å². The second-order valence-corrected chi connectivity index (χ2v) is 6.75. The zero-order chi connectivity index (χ0) is 18.8. The summed E-state index contributed by atoms with van der Waals surface area (Å²) in [6, 6.07) is 6.01. The number of nitrogens with one attached hydrogen (secondary N) is 2. The van der Waals surface area contributed by atoms with Crippen LogP contribution in [0.25, 0.3) is 5.69 Å². The molecule has 2 aromatic rings. The maximum absolute atomic E-state index is 12.8. The number of hydrogen-bond donors (Lipinski definition) is 2. The molecular formula is C14H15F3N4O3S. The Morgan fingerprint density at radius 2 is 1.84 bits per heavy atom. The number of halogens is 3. The van der Waals surface area contributed by atoms with E-state index in [-0.39, 0.29) is 10.6 Å². The number of sulfonamides is 1. The lowest BCUT2D eigenvalue weighted by Gasteiger charge is -2.09. The average molecular weight is 376 g/mol. The fourth-order valence-electron chi connectivity index (χ4n) is 2.00. The number of hydrazine groups is 1. The minimum atomic E-state index is -4.57. The van der Waals surface area contributed by atoms with E-state index in [1.165, 1.54) is 24.3 Å². The maximum Gasteiger partial charge on any atom is 0.435 e. The van der Waals surface area contributed by atoms with Crippen LogP contribution < -0.4 is 10.3 Å². The third-order valence-corrected chi connectivity index (χ3v) is 4.45. The lowest BCUT2D eigenvalue weighted by atomic mass is 10.2. The second-order valence-electron chi connectivity index (χ2n) is 5.06. The van der Waals surface area contributed by atoms with E-state index in [0.29, 0.717) is 12.1 Å². The molecule has 1 aromatic heterocycles. The van der Waals surface area contributed by atoms with Crippen LogP contribution >= 0.6 is 0 Å². The van der Waals surface area contributed by atoms with E-state index >= 15 is 0 Å². The van der Waals surface area contributed by atoms with Crippen molar-refractivity contribution in [2.75, 3.05) is 0 Å². The number of carbonyl (C=O) groups excluding carboxylic acids is 1. The molecule has 0 fully saturated rings. The fourth-order valence-corrected chi connectivity index (χ4v) is 2.89. The van der Waals surface area contributed by atoms with Crippen molar-refractivity contribution in [3.05, 3.63) is 41.7 Å². The number of hydrogen-bond acceptors (Lipinski definition) is 4. The summed E-state index contributed by atoms with van der Waals surface area (Å²) < 4.78 is 63.4. The molecule has 0 spiro atoms. The SMILES string of the molecule is CCc1cc(C(F)(F)F)nn1-c1ccc(S(=O)(=O)NNC(C)=O)cc1. The molecule has 136 valence electrons. The molecule has 0 saturated heterocycles. The van der Waals surface area contributed by atoms with Gasteiger partial charge in [-0.2, -0.15) is 18.3 Å². The second kappa shape index (κ2) is 6.84. The molecular weight excluding hydrogens is 361 g/mol. The van der Waals surface area contributed by atoms with Crippen LogP contribution in [0.4, 0.5) is 13.2 Å². The number of rotatable bonds is 5. The topological polar surface area (TPSA) is 93.1 Å². The van der Waals surface area contributed by atoms with Gasteiger partial charge in [0, 0.05) is 12.6 Å². The molecule has 1 heterocycles. The molecule has 1 aromatic carbocycles. The van der Waals surface area contributed by atoms with Gasteiger partial charge < -0.3 is 0 Å². The highest BCUT2D eigenvalue weighted by atomic mass is 32.2. The third-order valence-electron chi connectivity index (χ3n) is 3.19. The van der Waals surface area contributed by atoms with Crippen LogP contribution in [-0.4, -0.2) is 24.1 Å². The molecule has 0 saturated carbocycles. The Balaban J connectivity index is 2.34. The molecule has 11 heteroatoms. The molecule has 0 bridgehead atoms. The van der Waals surface area contributed by atoms with E-state index < -0.39 is 27.8 Å². The molecule has 2 rings (SSSR count). The van der Waals surface area contributed by atoms with E-state index in [9.17, 15) is 26.4 Å². The molecule has 0 aliphatic carbocycles. The van der Waals surface area contributed by atoms with Crippen molar-refractivity contribution in [2.45, 2.75) is 31.3 Å². The molecule has 0 aliphatic heterocycles. The van der Waals surface area contributed by atoms with Crippen molar-refractivity contribution < 1.29 is 26.4 Å². The summed E-state index contributed by atoms with van der Waals surface area (Å²) in [5.74, 6) is -0.594. The largest absolute Gasteiger partial charge is 0.435 e. The highest BCUT2D eigenvalue weighted by Crippen LogP contribution is 2.29. The van der Waals surface area contributed by atoms with E-state index in [4.69, 9.17) is 0 Å². The monoisotopic (exact) mass is 376 g/mol. The molecule has 0 unspecified atom stereocenters. The van der Waals surface area contributed by atoms with Gasteiger partial charge in [0.25, 0.3) is 10.0 Å². The van der Waals surface area contributed by atoms with Crippen molar-refractivity contribution in [1.82, 2.24) is 20.0 Å². The Morgan fingerprint density at radius 1 is 1.24 bits per heavy atom. The van der Waals surface area contributed by atoms with Crippen molar-refractivity contribution in [3.63, 3.8) is 0 Å². The summed E-state index contributed by atoms with van der Waals surface area (Å²) in [6.07, 6.45) is -4.26.